The van der Waals surface area contributed by atoms with Gasteiger partial charge in [0.1, 0.15) is 0 Å². The summed E-state index contributed by atoms with van der Waals surface area (Å²) >= 11 is 12.0. The van der Waals surface area contributed by atoms with E-state index in [1.807, 2.05) is 26.0 Å². The molecule has 23 heavy (non-hydrogen) atoms. The zero-order chi connectivity index (χ0) is 16.3. The van der Waals surface area contributed by atoms with Gasteiger partial charge in [-0.2, -0.15) is 10.1 Å². The van der Waals surface area contributed by atoms with Crippen LogP contribution >= 0.6 is 40.2 Å². The molecule has 1 heterocycles. The van der Waals surface area contributed by atoms with Gasteiger partial charge >= 0.3 is 0 Å². The highest BCUT2D eigenvalue weighted by molar-refractivity contribution is 8.93. The lowest BCUT2D eigenvalue weighted by atomic mass is 10.1. The SMILES string of the molecule is Br.CC1(C)N=C(N)N=C(N)N1OCCCc1ccc(Cl)cc1Cl. The van der Waals surface area contributed by atoms with Gasteiger partial charge in [-0.05, 0) is 44.4 Å². The Bertz CT molecular complexity index is 621. The molecule has 0 radical (unpaired) electrons. The van der Waals surface area contributed by atoms with Crippen molar-refractivity contribution in [2.45, 2.75) is 32.4 Å². The van der Waals surface area contributed by atoms with Gasteiger partial charge < -0.3 is 11.5 Å². The Labute approximate surface area is 156 Å². The molecule has 0 aromatic heterocycles. The zero-order valence-electron chi connectivity index (χ0n) is 12.9. The number of halogens is 3. The van der Waals surface area contributed by atoms with Gasteiger partial charge in [0.25, 0.3) is 0 Å². The maximum absolute atomic E-state index is 6.14. The van der Waals surface area contributed by atoms with Gasteiger partial charge in [-0.3, -0.25) is 4.84 Å². The molecule has 1 aromatic carbocycles. The first-order valence-corrected chi connectivity index (χ1v) is 7.62. The van der Waals surface area contributed by atoms with Crippen LogP contribution in [0.15, 0.2) is 28.2 Å². The summed E-state index contributed by atoms with van der Waals surface area (Å²) in [5, 5.41) is 2.75. The van der Waals surface area contributed by atoms with Crippen LogP contribution in [0.3, 0.4) is 0 Å². The number of aliphatic imine (C=N–C) groups is 2. The molecule has 0 saturated heterocycles. The highest BCUT2D eigenvalue weighted by atomic mass is 79.9. The van der Waals surface area contributed by atoms with Gasteiger partial charge in [0.05, 0.1) is 6.61 Å². The van der Waals surface area contributed by atoms with Crippen molar-refractivity contribution in [3.63, 3.8) is 0 Å². The van der Waals surface area contributed by atoms with E-state index >= 15 is 0 Å². The summed E-state index contributed by atoms with van der Waals surface area (Å²) in [4.78, 5) is 13.8. The molecule has 1 aromatic rings. The summed E-state index contributed by atoms with van der Waals surface area (Å²) in [7, 11) is 0. The second-order valence-electron chi connectivity index (χ2n) is 5.40. The summed E-state index contributed by atoms with van der Waals surface area (Å²) in [5.41, 5.74) is 11.8. The molecule has 0 saturated carbocycles. The monoisotopic (exact) mass is 423 g/mol. The van der Waals surface area contributed by atoms with Gasteiger partial charge in [-0.1, -0.05) is 29.3 Å². The van der Waals surface area contributed by atoms with Crippen LogP contribution in [0.2, 0.25) is 10.0 Å². The molecule has 0 unspecified atom stereocenters. The van der Waals surface area contributed by atoms with Crippen LogP contribution in [-0.4, -0.2) is 29.3 Å². The second kappa shape index (κ2) is 8.19. The number of nitrogens with zero attached hydrogens (tertiary/aromatic N) is 3. The molecule has 0 aliphatic carbocycles. The van der Waals surface area contributed by atoms with Crippen molar-refractivity contribution in [1.29, 1.82) is 0 Å². The van der Waals surface area contributed by atoms with Crippen LogP contribution in [0.1, 0.15) is 25.8 Å². The Balaban J connectivity index is 0.00000264. The van der Waals surface area contributed by atoms with Crippen LogP contribution in [0.4, 0.5) is 0 Å². The number of benzene rings is 1. The Hall–Kier alpha value is -1.02. The minimum absolute atomic E-state index is 0. The molecule has 128 valence electrons. The van der Waals surface area contributed by atoms with Crippen molar-refractivity contribution in [2.75, 3.05) is 6.61 Å². The van der Waals surface area contributed by atoms with E-state index in [-0.39, 0.29) is 28.9 Å². The Morgan fingerprint density at radius 2 is 1.96 bits per heavy atom. The molecule has 9 heteroatoms. The van der Waals surface area contributed by atoms with E-state index in [1.165, 1.54) is 5.06 Å². The first-order chi connectivity index (χ1) is 10.3. The van der Waals surface area contributed by atoms with Crippen LogP contribution in [-0.2, 0) is 11.3 Å². The maximum atomic E-state index is 6.14. The molecule has 1 aliphatic rings. The van der Waals surface area contributed by atoms with Crippen molar-refractivity contribution < 1.29 is 4.84 Å². The highest BCUT2D eigenvalue weighted by Gasteiger charge is 2.32. The van der Waals surface area contributed by atoms with E-state index in [0.29, 0.717) is 16.7 Å². The number of aryl methyl sites for hydroxylation is 1. The fourth-order valence-corrected chi connectivity index (χ4v) is 2.66. The molecule has 2 rings (SSSR count). The molecule has 0 bridgehead atoms. The zero-order valence-corrected chi connectivity index (χ0v) is 16.1. The molecule has 0 atom stereocenters. The van der Waals surface area contributed by atoms with E-state index in [0.717, 1.165) is 18.4 Å². The maximum Gasteiger partial charge on any atom is 0.226 e. The molecule has 0 spiro atoms. The third-order valence-electron chi connectivity index (χ3n) is 3.15. The summed E-state index contributed by atoms with van der Waals surface area (Å²) in [6.07, 6.45) is 1.53. The van der Waals surface area contributed by atoms with Gasteiger partial charge in [-0.25, -0.2) is 4.99 Å². The first-order valence-electron chi connectivity index (χ1n) is 6.86. The lowest BCUT2D eigenvalue weighted by molar-refractivity contribution is -0.157. The van der Waals surface area contributed by atoms with E-state index < -0.39 is 5.66 Å². The highest BCUT2D eigenvalue weighted by Crippen LogP contribution is 2.23. The molecule has 4 N–H and O–H groups in total. The van der Waals surface area contributed by atoms with Crippen LogP contribution in [0.5, 0.6) is 0 Å². The molecule has 6 nitrogen and oxygen atoms in total. The van der Waals surface area contributed by atoms with Crippen molar-refractivity contribution in [2.24, 2.45) is 21.5 Å². The molecular formula is C14H20BrCl2N5O. The fraction of sp³-hybridized carbons (Fsp3) is 0.429. The van der Waals surface area contributed by atoms with Crippen molar-refractivity contribution in [3.8, 4) is 0 Å². The molecule has 0 fully saturated rings. The number of hydrogen-bond donors (Lipinski definition) is 2. The number of rotatable bonds is 5. The largest absolute Gasteiger partial charge is 0.368 e. The lowest BCUT2D eigenvalue weighted by Crippen LogP contribution is -2.53. The van der Waals surface area contributed by atoms with E-state index in [1.54, 1.807) is 6.07 Å². The Morgan fingerprint density at radius 3 is 2.57 bits per heavy atom. The summed E-state index contributed by atoms with van der Waals surface area (Å²) in [6, 6.07) is 5.46. The Kier molecular flexibility index (Phi) is 7.13. The average molecular weight is 425 g/mol. The normalized spacial score (nSPS) is 16.4. The van der Waals surface area contributed by atoms with Crippen LogP contribution < -0.4 is 11.5 Å². The smallest absolute Gasteiger partial charge is 0.226 e. The summed E-state index contributed by atoms with van der Waals surface area (Å²) in [5.74, 6) is 0.345. The molecule has 0 amide bonds. The lowest BCUT2D eigenvalue weighted by Gasteiger charge is -2.36. The first kappa shape index (κ1) is 20.0. The average Bonchev–Trinajstić information content (AvgIpc) is 2.38. The minimum Gasteiger partial charge on any atom is -0.368 e. The topological polar surface area (TPSA) is 89.2 Å². The van der Waals surface area contributed by atoms with Gasteiger partial charge in [0.15, 0.2) is 5.66 Å². The van der Waals surface area contributed by atoms with E-state index in [4.69, 9.17) is 39.5 Å². The summed E-state index contributed by atoms with van der Waals surface area (Å²) < 4.78 is 0. The van der Waals surface area contributed by atoms with Gasteiger partial charge in [0.2, 0.25) is 11.9 Å². The molecule has 1 aliphatic heterocycles. The number of nitrogens with two attached hydrogens (primary N) is 2. The van der Waals surface area contributed by atoms with Gasteiger partial charge in [0, 0.05) is 10.0 Å². The van der Waals surface area contributed by atoms with E-state index in [9.17, 15) is 0 Å². The quantitative estimate of drug-likeness (QED) is 0.710. The number of hydrogen-bond acceptors (Lipinski definition) is 6. The number of guanidine groups is 2. The van der Waals surface area contributed by atoms with Crippen molar-refractivity contribution in [3.05, 3.63) is 33.8 Å². The van der Waals surface area contributed by atoms with Crippen molar-refractivity contribution in [1.82, 2.24) is 5.06 Å². The fourth-order valence-electron chi connectivity index (χ4n) is 2.16. The predicted molar refractivity (Wildman–Crippen MR) is 100 cm³/mol. The number of hydroxylamine groups is 2. The Morgan fingerprint density at radius 1 is 1.26 bits per heavy atom. The van der Waals surface area contributed by atoms with E-state index in [2.05, 4.69) is 9.98 Å². The molecular weight excluding hydrogens is 405 g/mol. The van der Waals surface area contributed by atoms with Crippen molar-refractivity contribution >= 4 is 52.1 Å². The van der Waals surface area contributed by atoms with Crippen LogP contribution in [0, 0.1) is 0 Å². The third-order valence-corrected chi connectivity index (χ3v) is 3.74. The minimum atomic E-state index is -0.687. The van der Waals surface area contributed by atoms with Gasteiger partial charge in [-0.15, -0.1) is 17.0 Å². The second-order valence-corrected chi connectivity index (χ2v) is 6.24. The predicted octanol–water partition coefficient (Wildman–Crippen LogP) is 3.12. The van der Waals surface area contributed by atoms with Crippen LogP contribution in [0.25, 0.3) is 0 Å². The summed E-state index contributed by atoms with van der Waals surface area (Å²) in [6.45, 7) is 4.14. The third kappa shape index (κ3) is 5.24. The standard InChI is InChI=1S/C14H19Cl2N5O.BrH/c1-14(2)20-12(17)19-13(18)21(14)22-7-3-4-9-5-6-10(15)8-11(9)16;/h5-6,8H,3-4,7H2,1-2H3,(H4,17,18,19,20);1H.